The number of hydrogen-bond donors (Lipinski definition) is 2. The highest BCUT2D eigenvalue weighted by Crippen LogP contribution is 2.40. The smallest absolute Gasteiger partial charge is 0.389 e. The van der Waals surface area contributed by atoms with E-state index in [1.807, 2.05) is 0 Å². The van der Waals surface area contributed by atoms with Crippen molar-refractivity contribution in [2.75, 3.05) is 13.2 Å². The van der Waals surface area contributed by atoms with Crippen molar-refractivity contribution in [3.05, 3.63) is 75.8 Å². The average Bonchev–Trinajstić information content (AvgIpc) is 2.96. The molecule has 42 heavy (non-hydrogen) atoms. The Labute approximate surface area is 247 Å². The molecule has 0 bridgehead atoms. The summed E-state index contributed by atoms with van der Waals surface area (Å²) in [5.41, 5.74) is 1.76. The number of alkyl halides is 3. The monoisotopic (exact) mass is 600 g/mol. The Morgan fingerprint density at radius 2 is 1.76 bits per heavy atom. The molecule has 0 aliphatic heterocycles. The van der Waals surface area contributed by atoms with Crippen molar-refractivity contribution in [1.82, 2.24) is 5.32 Å². The third-order valence-electron chi connectivity index (χ3n) is 7.69. The second-order valence-electron chi connectivity index (χ2n) is 10.7. The van der Waals surface area contributed by atoms with Crippen molar-refractivity contribution in [2.45, 2.75) is 63.5 Å². The number of rotatable bonds is 11. The molecule has 4 rings (SSSR count). The molecule has 3 aromatic rings. The van der Waals surface area contributed by atoms with Gasteiger partial charge >= 0.3 is 12.1 Å². The van der Waals surface area contributed by atoms with Gasteiger partial charge in [-0.05, 0) is 59.9 Å². The Kier molecular flexibility index (Phi) is 10.3. The lowest BCUT2D eigenvalue weighted by Gasteiger charge is -2.23. The number of carbonyl (C=O) groups is 2. The van der Waals surface area contributed by atoms with E-state index in [4.69, 9.17) is 21.4 Å². The van der Waals surface area contributed by atoms with Gasteiger partial charge in [-0.3, -0.25) is 9.59 Å². The molecule has 10 heteroatoms. The standard InChI is InChI=1S/C32H32ClF3N2O4/c33-28-17-24-16-23(10-11-26(24)27(18-37)30(28)42-19-20-4-2-1-3-5-20)25(12-14-32(34,35)36)21-6-8-22(9-7-21)31(41)38-15-13-29(39)40/h6-11,16-17,20,25H,1-5,12-15,19H2,(H,38,41)(H,39,40). The van der Waals surface area contributed by atoms with Gasteiger partial charge in [0.15, 0.2) is 5.75 Å². The van der Waals surface area contributed by atoms with Crippen LogP contribution in [-0.4, -0.2) is 36.3 Å². The van der Waals surface area contributed by atoms with Crippen molar-refractivity contribution >= 4 is 34.2 Å². The van der Waals surface area contributed by atoms with Crippen molar-refractivity contribution < 1.29 is 32.6 Å². The zero-order valence-electron chi connectivity index (χ0n) is 23.0. The first-order valence-electron chi connectivity index (χ1n) is 14.0. The van der Waals surface area contributed by atoms with E-state index in [0.717, 1.165) is 25.7 Å². The predicted octanol–water partition coefficient (Wildman–Crippen LogP) is 8.00. The van der Waals surface area contributed by atoms with Gasteiger partial charge in [-0.2, -0.15) is 18.4 Å². The number of fused-ring (bicyclic) bond motifs is 1. The first-order valence-corrected chi connectivity index (χ1v) is 14.4. The minimum atomic E-state index is -4.36. The number of carbonyl (C=O) groups excluding carboxylic acids is 1. The molecule has 1 atom stereocenters. The molecular formula is C32H32ClF3N2O4. The van der Waals surface area contributed by atoms with E-state index in [-0.39, 0.29) is 30.0 Å². The molecule has 1 amide bonds. The Balaban J connectivity index is 1.62. The summed E-state index contributed by atoms with van der Waals surface area (Å²) in [4.78, 5) is 23.0. The number of carboxylic acid groups (broad SMARTS) is 1. The molecule has 6 nitrogen and oxygen atoms in total. The van der Waals surface area contributed by atoms with Crippen molar-refractivity contribution in [3.8, 4) is 11.8 Å². The summed E-state index contributed by atoms with van der Waals surface area (Å²) in [6.07, 6.45) is -0.129. The third-order valence-corrected chi connectivity index (χ3v) is 7.97. The number of benzene rings is 3. The van der Waals surface area contributed by atoms with Crippen molar-refractivity contribution in [2.24, 2.45) is 5.92 Å². The number of ether oxygens (including phenoxy) is 1. The Morgan fingerprint density at radius 3 is 2.40 bits per heavy atom. The van der Waals surface area contributed by atoms with E-state index >= 15 is 0 Å². The van der Waals surface area contributed by atoms with Crippen LogP contribution in [0, 0.1) is 17.2 Å². The zero-order valence-corrected chi connectivity index (χ0v) is 23.7. The van der Waals surface area contributed by atoms with E-state index in [2.05, 4.69) is 11.4 Å². The highest BCUT2D eigenvalue weighted by atomic mass is 35.5. The maximum Gasteiger partial charge on any atom is 0.389 e. The lowest BCUT2D eigenvalue weighted by molar-refractivity contribution is -0.137. The maximum atomic E-state index is 13.3. The Bertz CT molecular complexity index is 1460. The number of nitrogens with zero attached hydrogens (tertiary/aromatic N) is 1. The Morgan fingerprint density at radius 1 is 1.07 bits per heavy atom. The molecule has 1 aliphatic rings. The molecule has 1 aliphatic carbocycles. The molecule has 0 heterocycles. The van der Waals surface area contributed by atoms with Crippen LogP contribution in [0.15, 0.2) is 48.5 Å². The van der Waals surface area contributed by atoms with Crippen LogP contribution in [0.25, 0.3) is 10.8 Å². The summed E-state index contributed by atoms with van der Waals surface area (Å²) in [7, 11) is 0. The fraction of sp³-hybridized carbons (Fsp3) is 0.406. The van der Waals surface area contributed by atoms with Crippen molar-refractivity contribution in [1.29, 1.82) is 5.26 Å². The summed E-state index contributed by atoms with van der Waals surface area (Å²) < 4.78 is 45.9. The number of nitrogens with one attached hydrogen (secondary N) is 1. The van der Waals surface area contributed by atoms with Gasteiger partial charge in [-0.25, -0.2) is 0 Å². The quantitative estimate of drug-likeness (QED) is 0.232. The van der Waals surface area contributed by atoms with Crippen LogP contribution >= 0.6 is 11.6 Å². The van der Waals surface area contributed by atoms with E-state index in [1.165, 1.54) is 18.6 Å². The second-order valence-corrected chi connectivity index (χ2v) is 11.1. The van der Waals surface area contributed by atoms with Crippen molar-refractivity contribution in [3.63, 3.8) is 0 Å². The van der Waals surface area contributed by atoms with Gasteiger partial charge in [-0.1, -0.05) is 61.2 Å². The number of halogens is 4. The Hall–Kier alpha value is -3.77. The third kappa shape index (κ3) is 8.16. The lowest BCUT2D eigenvalue weighted by atomic mass is 9.85. The topological polar surface area (TPSA) is 99.4 Å². The van der Waals surface area contributed by atoms with Crippen LogP contribution in [0.3, 0.4) is 0 Å². The largest absolute Gasteiger partial charge is 0.490 e. The van der Waals surface area contributed by atoms with Crippen LogP contribution in [0.1, 0.15) is 84.3 Å². The molecule has 0 saturated heterocycles. The normalized spacial score (nSPS) is 14.7. The van der Waals surface area contributed by atoms with Crippen LogP contribution in [0.2, 0.25) is 5.02 Å². The molecule has 2 N–H and O–H groups in total. The van der Waals surface area contributed by atoms with E-state index in [9.17, 15) is 28.0 Å². The second kappa shape index (κ2) is 13.9. The van der Waals surface area contributed by atoms with E-state index in [1.54, 1.807) is 36.4 Å². The molecule has 1 fully saturated rings. The summed E-state index contributed by atoms with van der Waals surface area (Å²) in [5, 5.41) is 22.7. The van der Waals surface area contributed by atoms with Gasteiger partial charge < -0.3 is 15.2 Å². The van der Waals surface area contributed by atoms with Crippen LogP contribution in [-0.2, 0) is 4.79 Å². The zero-order chi connectivity index (χ0) is 30.3. The first kappa shape index (κ1) is 31.2. The van der Waals surface area contributed by atoms with Gasteiger partial charge in [0.2, 0.25) is 0 Å². The highest BCUT2D eigenvalue weighted by Gasteiger charge is 2.30. The maximum absolute atomic E-state index is 13.3. The highest BCUT2D eigenvalue weighted by molar-refractivity contribution is 6.33. The fourth-order valence-electron chi connectivity index (χ4n) is 5.48. The first-order chi connectivity index (χ1) is 20.1. The number of nitriles is 1. The molecular weight excluding hydrogens is 569 g/mol. The minimum Gasteiger partial charge on any atom is -0.490 e. The fourth-order valence-corrected chi connectivity index (χ4v) is 5.75. The van der Waals surface area contributed by atoms with Crippen LogP contribution in [0.5, 0.6) is 5.75 Å². The predicted molar refractivity (Wildman–Crippen MR) is 154 cm³/mol. The average molecular weight is 601 g/mol. The number of hydrogen-bond acceptors (Lipinski definition) is 4. The lowest BCUT2D eigenvalue weighted by Crippen LogP contribution is -2.25. The number of aliphatic carboxylic acids is 1. The summed E-state index contributed by atoms with van der Waals surface area (Å²) in [6, 6.07) is 15.3. The van der Waals surface area contributed by atoms with Gasteiger partial charge in [0.05, 0.1) is 18.1 Å². The molecule has 3 aromatic carbocycles. The molecule has 0 radical (unpaired) electrons. The molecule has 1 unspecified atom stereocenters. The minimum absolute atomic E-state index is 0.0399. The SMILES string of the molecule is N#Cc1c(OCC2CCCCC2)c(Cl)cc2cc(C(CCC(F)(F)F)c3ccc(C(=O)NCCC(=O)O)cc3)ccc12. The number of carboxylic acids is 1. The molecule has 0 aromatic heterocycles. The molecule has 0 spiro atoms. The molecule has 222 valence electrons. The van der Waals surface area contributed by atoms with E-state index in [0.29, 0.717) is 45.7 Å². The van der Waals surface area contributed by atoms with Gasteiger partial charge in [0, 0.05) is 29.8 Å². The van der Waals surface area contributed by atoms with Gasteiger partial charge in [0.25, 0.3) is 5.91 Å². The van der Waals surface area contributed by atoms with Gasteiger partial charge in [0.1, 0.15) is 11.6 Å². The molecule has 1 saturated carbocycles. The van der Waals surface area contributed by atoms with Crippen LogP contribution < -0.4 is 10.1 Å². The summed E-state index contributed by atoms with van der Waals surface area (Å²) >= 11 is 6.58. The van der Waals surface area contributed by atoms with E-state index < -0.39 is 30.4 Å². The summed E-state index contributed by atoms with van der Waals surface area (Å²) in [5.74, 6) is -1.42. The van der Waals surface area contributed by atoms with Crippen LogP contribution in [0.4, 0.5) is 13.2 Å². The van der Waals surface area contributed by atoms with Gasteiger partial charge in [-0.15, -0.1) is 0 Å². The number of amides is 1. The summed E-state index contributed by atoms with van der Waals surface area (Å²) in [6.45, 7) is 0.437.